The summed E-state index contributed by atoms with van der Waals surface area (Å²) < 4.78 is 13.5. The minimum absolute atomic E-state index is 0.0344. The molecule has 0 radical (unpaired) electrons. The van der Waals surface area contributed by atoms with Crippen molar-refractivity contribution in [1.29, 1.82) is 0 Å². The van der Waals surface area contributed by atoms with Crippen LogP contribution in [0.25, 0.3) is 0 Å². The molecule has 2 aromatic rings. The molecule has 0 aliphatic heterocycles. The van der Waals surface area contributed by atoms with Gasteiger partial charge in [-0.25, -0.2) is 9.37 Å². The lowest BCUT2D eigenvalue weighted by Crippen LogP contribution is -2.08. The molecule has 0 saturated heterocycles. The van der Waals surface area contributed by atoms with Crippen LogP contribution in [0.5, 0.6) is 0 Å². The Bertz CT molecular complexity index is 682. The maximum absolute atomic E-state index is 13.5. The average molecular weight is 291 g/mol. The Kier molecular flexibility index (Phi) is 3.97. The Hall–Kier alpha value is -2.77. The standard InChI is InChI=1S/C13H14FN5O2/c1-7-3-9(4-8(2)11(7)14)5-16-12-10(19(20)21)6-17-13(15)18-12/h3-4,6H,5H2,1-2H3,(H3,15,16,17,18). The minimum atomic E-state index is -0.594. The van der Waals surface area contributed by atoms with Crippen LogP contribution in [-0.4, -0.2) is 14.9 Å². The summed E-state index contributed by atoms with van der Waals surface area (Å²) in [7, 11) is 0. The summed E-state index contributed by atoms with van der Waals surface area (Å²) in [6, 6.07) is 3.34. The number of nitrogens with two attached hydrogens (primary N) is 1. The van der Waals surface area contributed by atoms with Gasteiger partial charge in [-0.3, -0.25) is 10.1 Å². The maximum atomic E-state index is 13.5. The fourth-order valence-electron chi connectivity index (χ4n) is 1.98. The van der Waals surface area contributed by atoms with E-state index in [0.29, 0.717) is 11.1 Å². The number of anilines is 2. The molecule has 1 heterocycles. The first-order chi connectivity index (χ1) is 9.88. The van der Waals surface area contributed by atoms with E-state index in [4.69, 9.17) is 5.73 Å². The third kappa shape index (κ3) is 3.22. The first-order valence-electron chi connectivity index (χ1n) is 6.15. The van der Waals surface area contributed by atoms with Crippen molar-refractivity contribution in [3.63, 3.8) is 0 Å². The molecule has 0 aliphatic carbocycles. The lowest BCUT2D eigenvalue weighted by Gasteiger charge is -2.09. The van der Waals surface area contributed by atoms with Gasteiger partial charge in [-0.1, -0.05) is 12.1 Å². The van der Waals surface area contributed by atoms with Gasteiger partial charge in [0, 0.05) is 6.54 Å². The molecular weight excluding hydrogens is 277 g/mol. The van der Waals surface area contributed by atoms with Gasteiger partial charge in [0.05, 0.1) is 4.92 Å². The number of nitrogens with one attached hydrogen (secondary N) is 1. The van der Waals surface area contributed by atoms with Crippen LogP contribution in [-0.2, 0) is 6.54 Å². The van der Waals surface area contributed by atoms with Gasteiger partial charge in [0.25, 0.3) is 0 Å². The fourth-order valence-corrected chi connectivity index (χ4v) is 1.98. The van der Waals surface area contributed by atoms with Crippen LogP contribution in [0.3, 0.4) is 0 Å². The molecule has 0 atom stereocenters. The van der Waals surface area contributed by atoms with Crippen molar-refractivity contribution in [2.45, 2.75) is 20.4 Å². The van der Waals surface area contributed by atoms with E-state index in [9.17, 15) is 14.5 Å². The predicted octanol–water partition coefficient (Wildman–Crippen LogP) is 2.34. The number of hydrogen-bond acceptors (Lipinski definition) is 6. The van der Waals surface area contributed by atoms with Crippen LogP contribution < -0.4 is 11.1 Å². The van der Waals surface area contributed by atoms with E-state index >= 15 is 0 Å². The summed E-state index contributed by atoms with van der Waals surface area (Å²) in [6.45, 7) is 3.59. The van der Waals surface area contributed by atoms with Gasteiger partial charge in [0.1, 0.15) is 12.0 Å². The van der Waals surface area contributed by atoms with Crippen LogP contribution in [0.1, 0.15) is 16.7 Å². The molecule has 0 amide bonds. The Morgan fingerprint density at radius 3 is 2.57 bits per heavy atom. The molecule has 0 aliphatic rings. The van der Waals surface area contributed by atoms with Gasteiger partial charge in [-0.15, -0.1) is 0 Å². The number of hydrogen-bond donors (Lipinski definition) is 2. The van der Waals surface area contributed by atoms with E-state index in [1.54, 1.807) is 26.0 Å². The van der Waals surface area contributed by atoms with Gasteiger partial charge in [-0.05, 0) is 30.5 Å². The summed E-state index contributed by atoms with van der Waals surface area (Å²) in [5, 5.41) is 13.7. The second kappa shape index (κ2) is 5.70. The molecule has 1 aromatic carbocycles. The first-order valence-corrected chi connectivity index (χ1v) is 6.15. The second-order valence-corrected chi connectivity index (χ2v) is 4.62. The molecule has 110 valence electrons. The van der Waals surface area contributed by atoms with Crippen LogP contribution in [0, 0.1) is 29.8 Å². The molecule has 0 spiro atoms. The summed E-state index contributed by atoms with van der Waals surface area (Å²) in [5.41, 5.74) is 6.99. The number of nitrogens with zero attached hydrogens (tertiary/aromatic N) is 3. The number of benzene rings is 1. The van der Waals surface area contributed by atoms with Gasteiger partial charge < -0.3 is 11.1 Å². The first kappa shape index (κ1) is 14.6. The normalized spacial score (nSPS) is 10.4. The average Bonchev–Trinajstić information content (AvgIpc) is 2.42. The molecule has 1 aromatic heterocycles. The molecule has 0 unspecified atom stereocenters. The zero-order chi connectivity index (χ0) is 15.6. The van der Waals surface area contributed by atoms with Gasteiger partial charge in [0.2, 0.25) is 11.8 Å². The van der Waals surface area contributed by atoms with Gasteiger partial charge in [-0.2, -0.15) is 4.98 Å². The molecule has 3 N–H and O–H groups in total. The molecule has 21 heavy (non-hydrogen) atoms. The van der Waals surface area contributed by atoms with Crippen LogP contribution in [0.2, 0.25) is 0 Å². The predicted molar refractivity (Wildman–Crippen MR) is 76.3 cm³/mol. The maximum Gasteiger partial charge on any atom is 0.329 e. The second-order valence-electron chi connectivity index (χ2n) is 4.62. The zero-order valence-corrected chi connectivity index (χ0v) is 11.6. The number of rotatable bonds is 4. The molecule has 0 saturated carbocycles. The van der Waals surface area contributed by atoms with E-state index in [1.165, 1.54) is 0 Å². The largest absolute Gasteiger partial charge is 0.368 e. The van der Waals surface area contributed by atoms with Crippen LogP contribution in [0.15, 0.2) is 18.3 Å². The third-order valence-corrected chi connectivity index (χ3v) is 2.94. The van der Waals surface area contributed by atoms with E-state index < -0.39 is 4.92 Å². The Labute approximate surface area is 120 Å². The summed E-state index contributed by atoms with van der Waals surface area (Å²) in [4.78, 5) is 17.7. The lowest BCUT2D eigenvalue weighted by atomic mass is 10.1. The Morgan fingerprint density at radius 1 is 1.38 bits per heavy atom. The molecule has 2 rings (SSSR count). The fraction of sp³-hybridized carbons (Fsp3) is 0.231. The lowest BCUT2D eigenvalue weighted by molar-refractivity contribution is -0.384. The third-order valence-electron chi connectivity index (χ3n) is 2.94. The highest BCUT2D eigenvalue weighted by Crippen LogP contribution is 2.22. The minimum Gasteiger partial charge on any atom is -0.368 e. The van der Waals surface area contributed by atoms with E-state index in [2.05, 4.69) is 15.3 Å². The smallest absolute Gasteiger partial charge is 0.329 e. The number of nitro groups is 1. The van der Waals surface area contributed by atoms with E-state index in [1.807, 2.05) is 0 Å². The van der Waals surface area contributed by atoms with Crippen molar-refractivity contribution >= 4 is 17.5 Å². The number of aromatic nitrogens is 2. The number of nitrogen functional groups attached to an aromatic ring is 1. The Balaban J connectivity index is 2.24. The van der Waals surface area contributed by atoms with Crippen LogP contribution >= 0.6 is 0 Å². The number of halogens is 1. The highest BCUT2D eigenvalue weighted by atomic mass is 19.1. The Morgan fingerprint density at radius 2 is 2.00 bits per heavy atom. The summed E-state index contributed by atoms with van der Waals surface area (Å²) in [6.07, 6.45) is 1.05. The van der Waals surface area contributed by atoms with Crippen molar-refractivity contribution < 1.29 is 9.31 Å². The molecule has 0 fully saturated rings. The monoisotopic (exact) mass is 291 g/mol. The summed E-state index contributed by atoms with van der Waals surface area (Å²) >= 11 is 0. The SMILES string of the molecule is Cc1cc(CNc2nc(N)ncc2[N+](=O)[O-])cc(C)c1F. The van der Waals surface area contributed by atoms with Crippen LogP contribution in [0.4, 0.5) is 21.8 Å². The topological polar surface area (TPSA) is 107 Å². The van der Waals surface area contributed by atoms with Gasteiger partial charge in [0.15, 0.2) is 0 Å². The molecule has 7 nitrogen and oxygen atoms in total. The number of aryl methyl sites for hydroxylation is 2. The molecule has 8 heteroatoms. The molecular formula is C13H14FN5O2. The van der Waals surface area contributed by atoms with Crippen molar-refractivity contribution in [2.24, 2.45) is 0 Å². The van der Waals surface area contributed by atoms with Crippen molar-refractivity contribution in [3.05, 3.63) is 51.0 Å². The highest BCUT2D eigenvalue weighted by Gasteiger charge is 2.16. The molecule has 0 bridgehead atoms. The van der Waals surface area contributed by atoms with E-state index in [-0.39, 0.29) is 29.8 Å². The van der Waals surface area contributed by atoms with Gasteiger partial charge >= 0.3 is 5.69 Å². The highest BCUT2D eigenvalue weighted by molar-refractivity contribution is 5.56. The summed E-state index contributed by atoms with van der Waals surface area (Å²) in [5.74, 6) is -0.280. The quantitative estimate of drug-likeness (QED) is 0.661. The van der Waals surface area contributed by atoms with E-state index in [0.717, 1.165) is 11.8 Å². The zero-order valence-electron chi connectivity index (χ0n) is 11.6. The van der Waals surface area contributed by atoms with Crippen molar-refractivity contribution in [2.75, 3.05) is 11.1 Å². The van der Waals surface area contributed by atoms with Crippen molar-refractivity contribution in [1.82, 2.24) is 9.97 Å². The van der Waals surface area contributed by atoms with Crippen molar-refractivity contribution in [3.8, 4) is 0 Å².